The average molecular weight is 340 g/mol. The lowest BCUT2D eigenvalue weighted by atomic mass is 10.0. The molecule has 2 heterocycles. The predicted molar refractivity (Wildman–Crippen MR) is 94.9 cm³/mol. The molecule has 1 fully saturated rings. The van der Waals surface area contributed by atoms with Crippen LogP contribution in [0.25, 0.3) is 0 Å². The first-order valence-electron chi connectivity index (χ1n) is 8.57. The van der Waals surface area contributed by atoms with Gasteiger partial charge in [-0.1, -0.05) is 30.3 Å². The van der Waals surface area contributed by atoms with Crippen molar-refractivity contribution in [2.24, 2.45) is 0 Å². The minimum atomic E-state index is -0.0945. The van der Waals surface area contributed by atoms with Crippen molar-refractivity contribution in [2.45, 2.75) is 33.2 Å². The number of hydrogen-bond acceptors (Lipinski definition) is 3. The van der Waals surface area contributed by atoms with Gasteiger partial charge in [-0.15, -0.1) is 0 Å². The number of amides is 2. The van der Waals surface area contributed by atoms with E-state index in [0.717, 1.165) is 22.5 Å². The van der Waals surface area contributed by atoms with E-state index in [-0.39, 0.29) is 17.9 Å². The Bertz CT molecular complexity index is 749. The zero-order chi connectivity index (χ0) is 18.0. The summed E-state index contributed by atoms with van der Waals surface area (Å²) in [5.41, 5.74) is 3.83. The Labute approximate surface area is 147 Å². The summed E-state index contributed by atoms with van der Waals surface area (Å²) in [6.07, 6.45) is 0.343. The Morgan fingerprint density at radius 2 is 1.92 bits per heavy atom. The first-order valence-corrected chi connectivity index (χ1v) is 8.57. The molecule has 0 saturated carbocycles. The third kappa shape index (κ3) is 3.57. The maximum Gasteiger partial charge on any atom is 0.227 e. The van der Waals surface area contributed by atoms with E-state index >= 15 is 0 Å². The molecular weight excluding hydrogens is 316 g/mol. The number of aromatic nitrogens is 2. The normalized spacial score (nSPS) is 17.6. The Hall–Kier alpha value is -2.63. The maximum atomic E-state index is 12.8. The third-order valence-corrected chi connectivity index (χ3v) is 4.93. The fourth-order valence-electron chi connectivity index (χ4n) is 3.44. The van der Waals surface area contributed by atoms with Crippen LogP contribution in [0.2, 0.25) is 0 Å². The maximum absolute atomic E-state index is 12.8. The van der Waals surface area contributed by atoms with Crippen LogP contribution in [0.15, 0.2) is 30.3 Å². The molecule has 3 rings (SSSR count). The van der Waals surface area contributed by atoms with Gasteiger partial charge in [-0.05, 0) is 19.4 Å². The van der Waals surface area contributed by atoms with Gasteiger partial charge in [0.05, 0.1) is 18.2 Å². The van der Waals surface area contributed by atoms with E-state index in [4.69, 9.17) is 0 Å². The monoisotopic (exact) mass is 340 g/mol. The SMILES string of the molecule is CC(=O)N1CCN(C(=O)Cc2c(C)n[nH]c2C)C[C@@H]1c1ccccc1. The van der Waals surface area contributed by atoms with E-state index in [2.05, 4.69) is 10.2 Å². The number of nitrogens with one attached hydrogen (secondary N) is 1. The zero-order valence-electron chi connectivity index (χ0n) is 15.0. The standard InChI is InChI=1S/C19H24N4O2/c1-13-17(14(2)21-20-13)11-19(25)22-9-10-23(15(3)24)18(12-22)16-7-5-4-6-8-16/h4-8,18H,9-12H2,1-3H3,(H,20,21)/t18-/m1/s1. The zero-order valence-corrected chi connectivity index (χ0v) is 15.0. The molecule has 1 N–H and O–H groups in total. The summed E-state index contributed by atoms with van der Waals surface area (Å²) in [4.78, 5) is 28.5. The number of benzene rings is 1. The first-order chi connectivity index (χ1) is 12.0. The predicted octanol–water partition coefficient (Wildman–Crippen LogP) is 2.00. The van der Waals surface area contributed by atoms with E-state index < -0.39 is 0 Å². The minimum absolute atomic E-state index is 0.0440. The molecule has 0 unspecified atom stereocenters. The Morgan fingerprint density at radius 1 is 1.20 bits per heavy atom. The summed E-state index contributed by atoms with van der Waals surface area (Å²) in [6, 6.07) is 9.82. The van der Waals surface area contributed by atoms with Crippen LogP contribution in [-0.4, -0.2) is 51.4 Å². The second-order valence-corrected chi connectivity index (χ2v) is 6.57. The third-order valence-electron chi connectivity index (χ3n) is 4.93. The van der Waals surface area contributed by atoms with Gasteiger partial charge in [-0.3, -0.25) is 14.7 Å². The van der Waals surface area contributed by atoms with Crippen molar-refractivity contribution in [1.82, 2.24) is 20.0 Å². The number of rotatable bonds is 3. The van der Waals surface area contributed by atoms with Crippen molar-refractivity contribution >= 4 is 11.8 Å². The van der Waals surface area contributed by atoms with Crippen LogP contribution in [0.4, 0.5) is 0 Å². The highest BCUT2D eigenvalue weighted by Crippen LogP contribution is 2.26. The molecule has 2 amide bonds. The molecule has 6 nitrogen and oxygen atoms in total. The van der Waals surface area contributed by atoms with Crippen LogP contribution in [-0.2, 0) is 16.0 Å². The molecule has 1 aromatic carbocycles. The van der Waals surface area contributed by atoms with E-state index in [1.54, 1.807) is 6.92 Å². The molecule has 1 saturated heterocycles. The smallest absolute Gasteiger partial charge is 0.227 e. The molecule has 1 aliphatic rings. The average Bonchev–Trinajstić information content (AvgIpc) is 2.93. The molecule has 2 aromatic rings. The summed E-state index contributed by atoms with van der Waals surface area (Å²) < 4.78 is 0. The van der Waals surface area contributed by atoms with E-state index in [0.29, 0.717) is 26.1 Å². The lowest BCUT2D eigenvalue weighted by Gasteiger charge is -2.41. The van der Waals surface area contributed by atoms with Gasteiger partial charge in [0.1, 0.15) is 0 Å². The van der Waals surface area contributed by atoms with Gasteiger partial charge in [0.2, 0.25) is 11.8 Å². The van der Waals surface area contributed by atoms with Crippen molar-refractivity contribution in [1.29, 1.82) is 0 Å². The van der Waals surface area contributed by atoms with Crippen molar-refractivity contribution < 1.29 is 9.59 Å². The lowest BCUT2D eigenvalue weighted by Crippen LogP contribution is -2.52. The van der Waals surface area contributed by atoms with Crippen LogP contribution >= 0.6 is 0 Å². The summed E-state index contributed by atoms with van der Waals surface area (Å²) in [5, 5.41) is 7.09. The second kappa shape index (κ2) is 7.09. The molecule has 132 valence electrons. The molecular formula is C19H24N4O2. The number of carbonyl (C=O) groups excluding carboxylic acids is 2. The molecule has 0 bridgehead atoms. The molecule has 1 aliphatic heterocycles. The number of hydrogen-bond donors (Lipinski definition) is 1. The van der Waals surface area contributed by atoms with E-state index in [1.807, 2.05) is 54.0 Å². The van der Waals surface area contributed by atoms with Crippen molar-refractivity contribution in [3.05, 3.63) is 52.8 Å². The van der Waals surface area contributed by atoms with Crippen molar-refractivity contribution in [2.75, 3.05) is 19.6 Å². The molecule has 1 aromatic heterocycles. The number of aryl methyl sites for hydroxylation is 2. The Morgan fingerprint density at radius 3 is 2.52 bits per heavy atom. The summed E-state index contributed by atoms with van der Waals surface area (Å²) in [7, 11) is 0. The van der Waals surface area contributed by atoms with Gasteiger partial charge in [0.25, 0.3) is 0 Å². The van der Waals surface area contributed by atoms with Crippen LogP contribution in [0, 0.1) is 13.8 Å². The summed E-state index contributed by atoms with van der Waals surface area (Å²) >= 11 is 0. The molecule has 0 spiro atoms. The largest absolute Gasteiger partial charge is 0.338 e. The molecule has 0 radical (unpaired) electrons. The Balaban J connectivity index is 1.78. The topological polar surface area (TPSA) is 69.3 Å². The van der Waals surface area contributed by atoms with Gasteiger partial charge >= 0.3 is 0 Å². The first kappa shape index (κ1) is 17.2. The van der Waals surface area contributed by atoms with Crippen LogP contribution < -0.4 is 0 Å². The van der Waals surface area contributed by atoms with Gasteiger partial charge in [-0.25, -0.2) is 0 Å². The van der Waals surface area contributed by atoms with E-state index in [1.165, 1.54) is 0 Å². The van der Waals surface area contributed by atoms with Crippen LogP contribution in [0.1, 0.15) is 35.5 Å². The van der Waals surface area contributed by atoms with Gasteiger partial charge < -0.3 is 9.80 Å². The quantitative estimate of drug-likeness (QED) is 0.929. The van der Waals surface area contributed by atoms with Gasteiger partial charge in [0.15, 0.2) is 0 Å². The highest BCUT2D eigenvalue weighted by atomic mass is 16.2. The Kier molecular flexibility index (Phi) is 4.88. The number of aromatic amines is 1. The fraction of sp³-hybridized carbons (Fsp3) is 0.421. The molecule has 6 heteroatoms. The summed E-state index contributed by atoms with van der Waals surface area (Å²) in [6.45, 7) is 7.08. The van der Waals surface area contributed by atoms with Gasteiger partial charge in [-0.2, -0.15) is 5.10 Å². The van der Waals surface area contributed by atoms with Gasteiger partial charge in [0, 0.05) is 37.8 Å². The number of carbonyl (C=O) groups is 2. The molecule has 1 atom stereocenters. The van der Waals surface area contributed by atoms with E-state index in [9.17, 15) is 9.59 Å². The minimum Gasteiger partial charge on any atom is -0.338 e. The van der Waals surface area contributed by atoms with Crippen LogP contribution in [0.3, 0.4) is 0 Å². The van der Waals surface area contributed by atoms with Crippen LogP contribution in [0.5, 0.6) is 0 Å². The lowest BCUT2D eigenvalue weighted by molar-refractivity contribution is -0.141. The number of H-pyrrole nitrogens is 1. The van der Waals surface area contributed by atoms with Crippen molar-refractivity contribution in [3.63, 3.8) is 0 Å². The molecule has 25 heavy (non-hydrogen) atoms. The fourth-order valence-corrected chi connectivity index (χ4v) is 3.44. The molecule has 0 aliphatic carbocycles. The summed E-state index contributed by atoms with van der Waals surface area (Å²) in [5.74, 6) is 0.124. The number of nitrogens with zero attached hydrogens (tertiary/aromatic N) is 3. The second-order valence-electron chi connectivity index (χ2n) is 6.57. The highest BCUT2D eigenvalue weighted by molar-refractivity contribution is 5.80. The highest BCUT2D eigenvalue weighted by Gasteiger charge is 2.32. The number of piperazine rings is 1. The van der Waals surface area contributed by atoms with Crippen molar-refractivity contribution in [3.8, 4) is 0 Å².